The van der Waals surface area contributed by atoms with Crippen LogP contribution in [0.3, 0.4) is 0 Å². The molecular weight excluding hydrogens is 311 g/mol. The molecule has 15 heavy (non-hydrogen) atoms. The third-order valence-electron chi connectivity index (χ3n) is 2.22. The van der Waals surface area contributed by atoms with Gasteiger partial charge in [-0.3, -0.25) is 0 Å². The number of aryl methyl sites for hydroxylation is 1. The van der Waals surface area contributed by atoms with Crippen molar-refractivity contribution in [2.45, 2.75) is 13.3 Å². The largest absolute Gasteiger partial charge is 0.280 e. The van der Waals surface area contributed by atoms with E-state index in [4.69, 9.17) is 0 Å². The van der Waals surface area contributed by atoms with Crippen molar-refractivity contribution in [2.75, 3.05) is 0 Å². The van der Waals surface area contributed by atoms with Crippen LogP contribution in [0, 0.1) is 10.5 Å². The summed E-state index contributed by atoms with van der Waals surface area (Å²) in [6, 6.07) is 7.04. The van der Waals surface area contributed by atoms with Gasteiger partial charge in [0.15, 0.2) is 0 Å². The number of alkyl halides is 2. The van der Waals surface area contributed by atoms with Crippen LogP contribution in [0.1, 0.15) is 17.7 Å². The van der Waals surface area contributed by atoms with E-state index in [0.29, 0.717) is 5.52 Å². The van der Waals surface area contributed by atoms with E-state index < -0.39 is 6.43 Å². The second-order valence-corrected chi connectivity index (χ2v) is 4.57. The Morgan fingerprint density at radius 2 is 2.00 bits per heavy atom. The topological polar surface area (TPSA) is 12.9 Å². The molecule has 1 heterocycles. The van der Waals surface area contributed by atoms with Gasteiger partial charge in [-0.1, -0.05) is 0 Å². The highest BCUT2D eigenvalue weighted by Gasteiger charge is 2.11. The summed E-state index contributed by atoms with van der Waals surface area (Å²) in [6.45, 7) is 1.83. The van der Waals surface area contributed by atoms with Gasteiger partial charge in [-0.15, -0.1) is 0 Å². The zero-order valence-corrected chi connectivity index (χ0v) is 10.1. The van der Waals surface area contributed by atoms with Gasteiger partial charge in [-0.25, -0.2) is 13.8 Å². The van der Waals surface area contributed by atoms with Gasteiger partial charge < -0.3 is 0 Å². The number of halogens is 3. The van der Waals surface area contributed by atoms with Crippen molar-refractivity contribution in [3.8, 4) is 0 Å². The van der Waals surface area contributed by atoms with Crippen molar-refractivity contribution in [2.24, 2.45) is 0 Å². The molecule has 1 aromatic heterocycles. The van der Waals surface area contributed by atoms with Crippen LogP contribution in [0.4, 0.5) is 8.78 Å². The van der Waals surface area contributed by atoms with E-state index in [1.165, 1.54) is 6.07 Å². The first-order valence-corrected chi connectivity index (χ1v) is 5.51. The molecule has 0 spiro atoms. The summed E-state index contributed by atoms with van der Waals surface area (Å²) in [7, 11) is 0. The van der Waals surface area contributed by atoms with E-state index in [1.54, 1.807) is 6.07 Å². The molecule has 0 bridgehead atoms. The summed E-state index contributed by atoms with van der Waals surface area (Å²) in [5.41, 5.74) is 1.32. The van der Waals surface area contributed by atoms with Crippen LogP contribution in [0.25, 0.3) is 10.9 Å². The van der Waals surface area contributed by atoms with Crippen LogP contribution in [0.15, 0.2) is 24.3 Å². The predicted octanol–water partition coefficient (Wildman–Crippen LogP) is 4.09. The highest BCUT2D eigenvalue weighted by molar-refractivity contribution is 14.1. The Hall–Kier alpha value is -0.780. The zero-order valence-electron chi connectivity index (χ0n) is 7.97. The fourth-order valence-corrected chi connectivity index (χ4v) is 2.00. The molecule has 0 radical (unpaired) electrons. The molecule has 0 saturated heterocycles. The van der Waals surface area contributed by atoms with Gasteiger partial charge in [0.25, 0.3) is 6.43 Å². The first-order valence-electron chi connectivity index (χ1n) is 4.43. The van der Waals surface area contributed by atoms with Gasteiger partial charge in [-0.2, -0.15) is 0 Å². The third kappa shape index (κ3) is 2.09. The second-order valence-electron chi connectivity index (χ2n) is 3.33. The van der Waals surface area contributed by atoms with Crippen LogP contribution in [0.2, 0.25) is 0 Å². The molecule has 4 heteroatoms. The Kier molecular flexibility index (Phi) is 2.86. The van der Waals surface area contributed by atoms with E-state index in [9.17, 15) is 8.78 Å². The molecule has 0 amide bonds. The standard InChI is InChI=1S/C11H8F2IN/c1-6-4-10(11(12)13)15-9-3-2-7(14)5-8(6)9/h2-5,11H,1H3. The van der Waals surface area contributed by atoms with E-state index in [-0.39, 0.29) is 5.69 Å². The summed E-state index contributed by atoms with van der Waals surface area (Å²) in [4.78, 5) is 3.92. The summed E-state index contributed by atoms with van der Waals surface area (Å²) < 4.78 is 26.1. The van der Waals surface area contributed by atoms with Crippen molar-refractivity contribution < 1.29 is 8.78 Å². The normalized spacial score (nSPS) is 11.3. The van der Waals surface area contributed by atoms with Gasteiger partial charge in [-0.05, 0) is 59.3 Å². The number of nitrogens with zero attached hydrogens (tertiary/aromatic N) is 1. The Morgan fingerprint density at radius 3 is 2.67 bits per heavy atom. The number of hydrogen-bond donors (Lipinski definition) is 0. The molecule has 0 N–H and O–H groups in total. The molecule has 1 nitrogen and oxygen atoms in total. The molecule has 0 saturated carbocycles. The highest BCUT2D eigenvalue weighted by atomic mass is 127. The monoisotopic (exact) mass is 319 g/mol. The van der Waals surface area contributed by atoms with E-state index in [0.717, 1.165) is 14.5 Å². The molecule has 0 unspecified atom stereocenters. The predicted molar refractivity (Wildman–Crippen MR) is 64.2 cm³/mol. The molecule has 0 aliphatic rings. The lowest BCUT2D eigenvalue weighted by Gasteiger charge is -2.05. The summed E-state index contributed by atoms with van der Waals surface area (Å²) in [6.07, 6.45) is -2.51. The lowest BCUT2D eigenvalue weighted by atomic mass is 10.1. The Labute approximate surface area is 99.7 Å². The van der Waals surface area contributed by atoms with Crippen molar-refractivity contribution in [3.05, 3.63) is 39.1 Å². The molecule has 2 rings (SSSR count). The van der Waals surface area contributed by atoms with E-state index >= 15 is 0 Å². The van der Waals surface area contributed by atoms with Crippen molar-refractivity contribution in [3.63, 3.8) is 0 Å². The fourth-order valence-electron chi connectivity index (χ4n) is 1.50. The van der Waals surface area contributed by atoms with Crippen LogP contribution in [-0.4, -0.2) is 4.98 Å². The van der Waals surface area contributed by atoms with E-state index in [1.807, 2.05) is 19.1 Å². The number of fused-ring (bicyclic) bond motifs is 1. The van der Waals surface area contributed by atoms with Crippen LogP contribution < -0.4 is 0 Å². The molecule has 0 fully saturated rings. The second kappa shape index (κ2) is 4.00. The maximum absolute atomic E-state index is 12.5. The quantitative estimate of drug-likeness (QED) is 0.722. The van der Waals surface area contributed by atoms with Crippen LogP contribution >= 0.6 is 22.6 Å². The maximum Gasteiger partial charge on any atom is 0.280 e. The lowest BCUT2D eigenvalue weighted by molar-refractivity contribution is 0.146. The van der Waals surface area contributed by atoms with E-state index in [2.05, 4.69) is 27.6 Å². The zero-order chi connectivity index (χ0) is 11.0. The van der Waals surface area contributed by atoms with Crippen molar-refractivity contribution >= 4 is 33.5 Å². The summed E-state index contributed by atoms with van der Waals surface area (Å²) >= 11 is 2.19. The smallest absolute Gasteiger partial charge is 0.247 e. The fraction of sp³-hybridized carbons (Fsp3) is 0.182. The molecule has 1 aromatic carbocycles. The lowest BCUT2D eigenvalue weighted by Crippen LogP contribution is -1.93. The number of hydrogen-bond acceptors (Lipinski definition) is 1. The molecule has 0 aliphatic heterocycles. The van der Waals surface area contributed by atoms with Gasteiger partial charge in [0, 0.05) is 8.96 Å². The molecule has 0 aliphatic carbocycles. The van der Waals surface area contributed by atoms with Gasteiger partial charge >= 0.3 is 0 Å². The Bertz CT molecular complexity index is 511. The van der Waals surface area contributed by atoms with Crippen molar-refractivity contribution in [1.29, 1.82) is 0 Å². The average molecular weight is 319 g/mol. The number of aromatic nitrogens is 1. The molecule has 0 atom stereocenters. The number of rotatable bonds is 1. The molecular formula is C11H8F2IN. The maximum atomic E-state index is 12.5. The minimum atomic E-state index is -2.51. The van der Waals surface area contributed by atoms with Gasteiger partial charge in [0.2, 0.25) is 0 Å². The minimum absolute atomic E-state index is 0.152. The Morgan fingerprint density at radius 1 is 1.27 bits per heavy atom. The minimum Gasteiger partial charge on any atom is -0.247 e. The SMILES string of the molecule is Cc1cc(C(F)F)nc2ccc(I)cc12. The van der Waals surface area contributed by atoms with Crippen LogP contribution in [-0.2, 0) is 0 Å². The third-order valence-corrected chi connectivity index (χ3v) is 2.89. The summed E-state index contributed by atoms with van der Waals surface area (Å²) in [5, 5.41) is 0.936. The van der Waals surface area contributed by atoms with Crippen LogP contribution in [0.5, 0.6) is 0 Å². The summed E-state index contributed by atoms with van der Waals surface area (Å²) in [5.74, 6) is 0. The first-order chi connectivity index (χ1) is 7.08. The number of benzene rings is 1. The van der Waals surface area contributed by atoms with Crippen molar-refractivity contribution in [1.82, 2.24) is 4.98 Å². The first kappa shape index (κ1) is 10.7. The number of pyridine rings is 1. The molecule has 78 valence electrons. The Balaban J connectivity index is 2.73. The average Bonchev–Trinajstić information content (AvgIpc) is 2.18. The molecule has 2 aromatic rings. The highest BCUT2D eigenvalue weighted by Crippen LogP contribution is 2.24. The van der Waals surface area contributed by atoms with Gasteiger partial charge in [0.1, 0.15) is 5.69 Å². The van der Waals surface area contributed by atoms with Gasteiger partial charge in [0.05, 0.1) is 5.52 Å².